The van der Waals surface area contributed by atoms with E-state index in [1.54, 1.807) is 0 Å². The first kappa shape index (κ1) is 16.3. The smallest absolute Gasteiger partial charge is 0.0718 e. The van der Waals surface area contributed by atoms with E-state index in [1.807, 2.05) is 13.8 Å². The van der Waals surface area contributed by atoms with Crippen LogP contribution in [-0.2, 0) is 0 Å². The van der Waals surface area contributed by atoms with E-state index in [-0.39, 0.29) is 0 Å². The summed E-state index contributed by atoms with van der Waals surface area (Å²) in [5.74, 6) is 0.847. The number of rotatable bonds is 7. The van der Waals surface area contributed by atoms with Crippen molar-refractivity contribution in [2.75, 3.05) is 26.7 Å². The fourth-order valence-electron chi connectivity index (χ4n) is 4.07. The van der Waals surface area contributed by atoms with Crippen molar-refractivity contribution in [3.8, 4) is 0 Å². The van der Waals surface area contributed by atoms with Gasteiger partial charge in [-0.15, -0.1) is 0 Å². The van der Waals surface area contributed by atoms with Crippen LogP contribution in [0.1, 0.15) is 59.3 Å². The Kier molecular flexibility index (Phi) is 5.14. The molecule has 2 saturated carbocycles. The van der Waals surface area contributed by atoms with E-state index in [9.17, 15) is 5.11 Å². The van der Waals surface area contributed by atoms with E-state index in [0.29, 0.717) is 5.41 Å². The summed E-state index contributed by atoms with van der Waals surface area (Å²) in [6, 6.07) is 0.795. The molecule has 2 atom stereocenters. The molecule has 0 bridgehead atoms. The van der Waals surface area contributed by atoms with Gasteiger partial charge in [0.1, 0.15) is 0 Å². The normalized spacial score (nSPS) is 31.8. The van der Waals surface area contributed by atoms with Gasteiger partial charge in [0.15, 0.2) is 0 Å². The van der Waals surface area contributed by atoms with Gasteiger partial charge in [0.05, 0.1) is 5.60 Å². The Morgan fingerprint density at radius 1 is 1.30 bits per heavy atom. The van der Waals surface area contributed by atoms with Crippen LogP contribution < -0.4 is 5.32 Å². The van der Waals surface area contributed by atoms with Gasteiger partial charge in [0, 0.05) is 25.7 Å². The Morgan fingerprint density at radius 2 is 2.00 bits per heavy atom. The van der Waals surface area contributed by atoms with E-state index in [4.69, 9.17) is 0 Å². The molecule has 2 rings (SSSR count). The van der Waals surface area contributed by atoms with Gasteiger partial charge in [0.25, 0.3) is 0 Å². The molecule has 0 aromatic rings. The lowest BCUT2D eigenvalue weighted by Gasteiger charge is -2.43. The zero-order valence-electron chi connectivity index (χ0n) is 13.9. The zero-order chi connectivity index (χ0) is 14.8. The molecule has 2 N–H and O–H groups in total. The standard InChI is InChI=1S/C17H34N2O/c1-14-6-5-9-17(10-14,11-18-15-7-8-15)13-19(4)12-16(2,3)20/h14-15,18,20H,5-13H2,1-4H3. The van der Waals surface area contributed by atoms with Crippen molar-refractivity contribution < 1.29 is 5.11 Å². The van der Waals surface area contributed by atoms with Crippen LogP contribution in [0.5, 0.6) is 0 Å². The van der Waals surface area contributed by atoms with Crippen LogP contribution >= 0.6 is 0 Å². The van der Waals surface area contributed by atoms with Crippen molar-refractivity contribution in [3.05, 3.63) is 0 Å². The zero-order valence-corrected chi connectivity index (χ0v) is 13.9. The topological polar surface area (TPSA) is 35.5 Å². The quantitative estimate of drug-likeness (QED) is 0.753. The van der Waals surface area contributed by atoms with Crippen molar-refractivity contribution in [1.82, 2.24) is 10.2 Å². The van der Waals surface area contributed by atoms with E-state index in [2.05, 4.69) is 24.2 Å². The van der Waals surface area contributed by atoms with Gasteiger partial charge in [-0.1, -0.05) is 19.8 Å². The lowest BCUT2D eigenvalue weighted by atomic mass is 9.69. The summed E-state index contributed by atoms with van der Waals surface area (Å²) in [6.45, 7) is 9.25. The predicted molar refractivity (Wildman–Crippen MR) is 84.9 cm³/mol. The molecule has 2 aliphatic rings. The van der Waals surface area contributed by atoms with Gasteiger partial charge in [-0.2, -0.15) is 0 Å². The highest BCUT2D eigenvalue weighted by atomic mass is 16.3. The maximum atomic E-state index is 10.0. The van der Waals surface area contributed by atoms with Crippen molar-refractivity contribution in [2.45, 2.75) is 70.9 Å². The van der Waals surface area contributed by atoms with Crippen LogP contribution in [0.4, 0.5) is 0 Å². The molecule has 0 heterocycles. The van der Waals surface area contributed by atoms with E-state index in [1.165, 1.54) is 38.5 Å². The summed E-state index contributed by atoms with van der Waals surface area (Å²) in [4.78, 5) is 2.34. The molecule has 0 amide bonds. The molecule has 0 saturated heterocycles. The molecule has 3 heteroatoms. The minimum atomic E-state index is -0.597. The Balaban J connectivity index is 1.93. The molecular weight excluding hydrogens is 248 g/mol. The number of nitrogens with zero attached hydrogens (tertiary/aromatic N) is 1. The highest BCUT2D eigenvalue weighted by Gasteiger charge is 2.37. The van der Waals surface area contributed by atoms with Crippen LogP contribution in [0.25, 0.3) is 0 Å². The van der Waals surface area contributed by atoms with E-state index >= 15 is 0 Å². The summed E-state index contributed by atoms with van der Waals surface area (Å²) >= 11 is 0. The number of aliphatic hydroxyl groups is 1. The van der Waals surface area contributed by atoms with Crippen LogP contribution in [0.3, 0.4) is 0 Å². The Morgan fingerprint density at radius 3 is 2.55 bits per heavy atom. The first-order chi connectivity index (χ1) is 9.28. The summed E-state index contributed by atoms with van der Waals surface area (Å²) in [6.07, 6.45) is 8.16. The SMILES string of the molecule is CC1CCCC(CNC2CC2)(CN(C)CC(C)(C)O)C1. The second-order valence-corrected chi connectivity index (χ2v) is 8.34. The van der Waals surface area contributed by atoms with Gasteiger partial charge in [0.2, 0.25) is 0 Å². The summed E-state index contributed by atoms with van der Waals surface area (Å²) in [5.41, 5.74) is -0.180. The minimum Gasteiger partial charge on any atom is -0.389 e. The maximum absolute atomic E-state index is 10.0. The summed E-state index contributed by atoms with van der Waals surface area (Å²) < 4.78 is 0. The first-order valence-electron chi connectivity index (χ1n) is 8.42. The third kappa shape index (κ3) is 5.34. The van der Waals surface area contributed by atoms with E-state index in [0.717, 1.165) is 31.6 Å². The Bertz CT molecular complexity index is 309. The average molecular weight is 282 g/mol. The molecule has 2 fully saturated rings. The predicted octanol–water partition coefficient (Wildman–Crippen LogP) is 2.64. The molecule has 3 nitrogen and oxygen atoms in total. The van der Waals surface area contributed by atoms with Crippen LogP contribution in [0.15, 0.2) is 0 Å². The number of likely N-dealkylation sites (N-methyl/N-ethyl adjacent to an activating group) is 1. The van der Waals surface area contributed by atoms with Gasteiger partial charge in [-0.05, 0) is 57.9 Å². The highest BCUT2D eigenvalue weighted by molar-refractivity contribution is 4.93. The van der Waals surface area contributed by atoms with E-state index < -0.39 is 5.60 Å². The molecule has 0 aromatic heterocycles. The molecule has 0 radical (unpaired) electrons. The monoisotopic (exact) mass is 282 g/mol. The second kappa shape index (κ2) is 6.33. The second-order valence-electron chi connectivity index (χ2n) is 8.34. The molecule has 2 aliphatic carbocycles. The highest BCUT2D eigenvalue weighted by Crippen LogP contribution is 2.40. The fraction of sp³-hybridized carbons (Fsp3) is 1.00. The largest absolute Gasteiger partial charge is 0.389 e. The van der Waals surface area contributed by atoms with Crippen molar-refractivity contribution in [3.63, 3.8) is 0 Å². The van der Waals surface area contributed by atoms with Crippen molar-refractivity contribution >= 4 is 0 Å². The van der Waals surface area contributed by atoms with Gasteiger partial charge in [-0.25, -0.2) is 0 Å². The minimum absolute atomic E-state index is 0.417. The lowest BCUT2D eigenvalue weighted by Crippen LogP contribution is -2.48. The summed E-state index contributed by atoms with van der Waals surface area (Å²) in [7, 11) is 2.16. The third-order valence-electron chi connectivity index (χ3n) is 4.79. The fourth-order valence-corrected chi connectivity index (χ4v) is 4.07. The molecular formula is C17H34N2O. The molecule has 118 valence electrons. The third-order valence-corrected chi connectivity index (χ3v) is 4.79. The first-order valence-corrected chi connectivity index (χ1v) is 8.42. The van der Waals surface area contributed by atoms with Crippen molar-refractivity contribution in [2.24, 2.45) is 11.3 Å². The van der Waals surface area contributed by atoms with Crippen molar-refractivity contribution in [1.29, 1.82) is 0 Å². The number of hydrogen-bond donors (Lipinski definition) is 2. The molecule has 0 aliphatic heterocycles. The molecule has 0 aromatic carbocycles. The molecule has 2 unspecified atom stereocenters. The molecule has 0 spiro atoms. The van der Waals surface area contributed by atoms with Gasteiger partial charge in [-0.3, -0.25) is 0 Å². The van der Waals surface area contributed by atoms with Crippen LogP contribution in [0, 0.1) is 11.3 Å². The van der Waals surface area contributed by atoms with Crippen LogP contribution in [-0.4, -0.2) is 48.3 Å². The lowest BCUT2D eigenvalue weighted by molar-refractivity contribution is 0.0181. The molecule has 20 heavy (non-hydrogen) atoms. The average Bonchev–Trinajstić information content (AvgIpc) is 3.07. The van der Waals surface area contributed by atoms with Crippen LogP contribution in [0.2, 0.25) is 0 Å². The van der Waals surface area contributed by atoms with Gasteiger partial charge >= 0.3 is 0 Å². The maximum Gasteiger partial charge on any atom is 0.0718 e. The Hall–Kier alpha value is -0.120. The number of hydrogen-bond acceptors (Lipinski definition) is 3. The summed E-state index contributed by atoms with van der Waals surface area (Å²) in [5, 5.41) is 13.8. The number of nitrogens with one attached hydrogen (secondary N) is 1. The van der Waals surface area contributed by atoms with Gasteiger partial charge < -0.3 is 15.3 Å². The Labute approximate surface area is 125 Å².